The van der Waals surface area contributed by atoms with Crippen LogP contribution in [-0.2, 0) is 11.8 Å². The van der Waals surface area contributed by atoms with E-state index in [0.717, 1.165) is 0 Å². The lowest BCUT2D eigenvalue weighted by molar-refractivity contribution is -0.121. The van der Waals surface area contributed by atoms with Crippen molar-refractivity contribution in [2.24, 2.45) is 7.05 Å². The van der Waals surface area contributed by atoms with E-state index in [1.165, 1.54) is 6.20 Å². The summed E-state index contributed by atoms with van der Waals surface area (Å²) >= 11 is 11.8. The van der Waals surface area contributed by atoms with Crippen molar-refractivity contribution >= 4 is 29.1 Å². The molecule has 1 N–H and O–H groups in total. The number of amides is 1. The maximum absolute atomic E-state index is 11.6. The minimum Gasteiger partial charge on any atom is -0.352 e. The summed E-state index contributed by atoms with van der Waals surface area (Å²) in [6, 6.07) is 0.0505. The number of rotatable bonds is 3. The van der Waals surface area contributed by atoms with E-state index < -0.39 is 5.38 Å². The molecular formula is C9H13Cl2N3O. The summed E-state index contributed by atoms with van der Waals surface area (Å²) in [6.45, 7) is 3.74. The van der Waals surface area contributed by atoms with Gasteiger partial charge < -0.3 is 9.88 Å². The molecule has 1 atom stereocenters. The number of nitrogens with one attached hydrogen (secondary N) is 1. The molecule has 0 spiro atoms. The first kappa shape index (κ1) is 12.3. The Balaban J connectivity index is 2.80. The summed E-state index contributed by atoms with van der Waals surface area (Å²) < 4.78 is 1.58. The van der Waals surface area contributed by atoms with Crippen LogP contribution in [-0.4, -0.2) is 21.5 Å². The number of nitrogens with zero attached hydrogens (tertiary/aromatic N) is 2. The van der Waals surface area contributed by atoms with Crippen LogP contribution in [0.4, 0.5) is 0 Å². The zero-order valence-corrected chi connectivity index (χ0v) is 10.3. The molecule has 6 heteroatoms. The van der Waals surface area contributed by atoms with E-state index in [1.54, 1.807) is 11.6 Å². The van der Waals surface area contributed by atoms with Crippen LogP contribution in [0.5, 0.6) is 0 Å². The Hall–Kier alpha value is -0.740. The molecule has 1 aromatic rings. The van der Waals surface area contributed by atoms with Crippen LogP contribution in [0.15, 0.2) is 6.20 Å². The molecule has 0 bridgehead atoms. The van der Waals surface area contributed by atoms with Crippen LogP contribution in [0, 0.1) is 0 Å². The van der Waals surface area contributed by atoms with E-state index in [-0.39, 0.29) is 11.9 Å². The highest BCUT2D eigenvalue weighted by Crippen LogP contribution is 2.21. The number of carbonyl (C=O) groups excluding carboxylic acids is 1. The molecule has 1 amide bonds. The van der Waals surface area contributed by atoms with Crippen LogP contribution in [0.2, 0.25) is 5.15 Å². The van der Waals surface area contributed by atoms with Gasteiger partial charge in [0.25, 0.3) is 0 Å². The van der Waals surface area contributed by atoms with E-state index >= 15 is 0 Å². The average Bonchev–Trinajstić information content (AvgIpc) is 2.45. The molecule has 0 aliphatic heterocycles. The largest absolute Gasteiger partial charge is 0.352 e. The van der Waals surface area contributed by atoms with Gasteiger partial charge in [-0.15, -0.1) is 11.6 Å². The predicted octanol–water partition coefficient (Wildman–Crippen LogP) is 1.88. The van der Waals surface area contributed by atoms with Gasteiger partial charge >= 0.3 is 0 Å². The van der Waals surface area contributed by atoms with Crippen molar-refractivity contribution in [2.45, 2.75) is 25.3 Å². The fourth-order valence-electron chi connectivity index (χ4n) is 1.11. The molecule has 1 heterocycles. The highest BCUT2D eigenvalue weighted by atomic mass is 35.5. The van der Waals surface area contributed by atoms with Crippen molar-refractivity contribution in [1.82, 2.24) is 14.9 Å². The van der Waals surface area contributed by atoms with Crippen molar-refractivity contribution in [3.8, 4) is 0 Å². The van der Waals surface area contributed by atoms with Gasteiger partial charge in [-0.25, -0.2) is 4.98 Å². The Bertz CT molecular complexity index is 362. The van der Waals surface area contributed by atoms with Gasteiger partial charge in [0.2, 0.25) is 5.91 Å². The molecule has 1 aromatic heterocycles. The lowest BCUT2D eigenvalue weighted by Crippen LogP contribution is -2.33. The number of halogens is 2. The molecule has 0 saturated carbocycles. The lowest BCUT2D eigenvalue weighted by Gasteiger charge is -2.12. The van der Waals surface area contributed by atoms with Crippen molar-refractivity contribution in [3.05, 3.63) is 17.2 Å². The molecule has 0 radical (unpaired) electrons. The van der Waals surface area contributed by atoms with Gasteiger partial charge in [0.05, 0.1) is 6.20 Å². The van der Waals surface area contributed by atoms with E-state index in [0.29, 0.717) is 11.0 Å². The predicted molar refractivity (Wildman–Crippen MR) is 60.1 cm³/mol. The van der Waals surface area contributed by atoms with Crippen molar-refractivity contribution < 1.29 is 4.79 Å². The first-order valence-electron chi connectivity index (χ1n) is 4.55. The minimum atomic E-state index is -0.815. The molecule has 0 saturated heterocycles. The van der Waals surface area contributed by atoms with Gasteiger partial charge in [0.1, 0.15) is 11.0 Å². The van der Waals surface area contributed by atoms with Gasteiger partial charge in [0, 0.05) is 13.1 Å². The molecular weight excluding hydrogens is 237 g/mol. The molecule has 84 valence electrons. The molecule has 1 rings (SSSR count). The Morgan fingerprint density at radius 2 is 2.20 bits per heavy atom. The Morgan fingerprint density at radius 1 is 1.60 bits per heavy atom. The van der Waals surface area contributed by atoms with E-state index in [2.05, 4.69) is 10.3 Å². The smallest absolute Gasteiger partial charge is 0.246 e. The average molecular weight is 250 g/mol. The van der Waals surface area contributed by atoms with E-state index in [9.17, 15) is 4.79 Å². The number of hydrogen-bond acceptors (Lipinski definition) is 2. The fraction of sp³-hybridized carbons (Fsp3) is 0.556. The molecule has 0 aromatic carbocycles. The summed E-state index contributed by atoms with van der Waals surface area (Å²) in [5, 5.41) is 2.35. The zero-order valence-electron chi connectivity index (χ0n) is 8.79. The van der Waals surface area contributed by atoms with Crippen LogP contribution in [0.3, 0.4) is 0 Å². The van der Waals surface area contributed by atoms with Crippen LogP contribution in [0.25, 0.3) is 0 Å². The van der Waals surface area contributed by atoms with Crippen molar-refractivity contribution in [2.75, 3.05) is 0 Å². The number of imidazole rings is 1. The summed E-state index contributed by atoms with van der Waals surface area (Å²) in [5.74, 6) is 0.178. The number of aromatic nitrogens is 2. The summed E-state index contributed by atoms with van der Waals surface area (Å²) in [6.07, 6.45) is 1.47. The van der Waals surface area contributed by atoms with Gasteiger partial charge in [-0.05, 0) is 13.8 Å². The van der Waals surface area contributed by atoms with Crippen LogP contribution < -0.4 is 5.32 Å². The second-order valence-electron chi connectivity index (χ2n) is 3.52. The Morgan fingerprint density at radius 3 is 2.60 bits per heavy atom. The number of hydrogen-bond donors (Lipinski definition) is 1. The highest BCUT2D eigenvalue weighted by Gasteiger charge is 2.23. The standard InChI is InChI=1S/C9H13Cl2N3O/c1-5(2)13-9(15)7(11)8-12-4-6(10)14(8)3/h4-5,7H,1-3H3,(H,13,15). The van der Waals surface area contributed by atoms with Crippen molar-refractivity contribution in [3.63, 3.8) is 0 Å². The third-order valence-corrected chi connectivity index (χ3v) is 2.60. The van der Waals surface area contributed by atoms with Crippen LogP contribution >= 0.6 is 23.2 Å². The van der Waals surface area contributed by atoms with Crippen LogP contribution in [0.1, 0.15) is 25.0 Å². The van der Waals surface area contributed by atoms with Gasteiger partial charge in [0.15, 0.2) is 5.38 Å². The SMILES string of the molecule is CC(C)NC(=O)C(Cl)c1ncc(Cl)n1C. The third-order valence-electron chi connectivity index (χ3n) is 1.86. The molecule has 0 aliphatic rings. The second kappa shape index (κ2) is 4.86. The molecule has 4 nitrogen and oxygen atoms in total. The topological polar surface area (TPSA) is 46.9 Å². The Kier molecular flexibility index (Phi) is 3.99. The van der Waals surface area contributed by atoms with Crippen molar-refractivity contribution in [1.29, 1.82) is 0 Å². The lowest BCUT2D eigenvalue weighted by atomic mass is 10.3. The monoisotopic (exact) mass is 249 g/mol. The van der Waals surface area contributed by atoms with Gasteiger partial charge in [-0.3, -0.25) is 4.79 Å². The Labute approximate surface area is 98.6 Å². The number of carbonyl (C=O) groups is 1. The maximum Gasteiger partial charge on any atom is 0.246 e. The molecule has 1 unspecified atom stereocenters. The summed E-state index contributed by atoms with van der Waals surface area (Å²) in [7, 11) is 1.71. The summed E-state index contributed by atoms with van der Waals surface area (Å²) in [5.41, 5.74) is 0. The van der Waals surface area contributed by atoms with E-state index in [1.807, 2.05) is 13.8 Å². The van der Waals surface area contributed by atoms with Gasteiger partial charge in [-0.1, -0.05) is 11.6 Å². The maximum atomic E-state index is 11.6. The highest BCUT2D eigenvalue weighted by molar-refractivity contribution is 6.31. The first-order chi connectivity index (χ1) is 6.93. The second-order valence-corrected chi connectivity index (χ2v) is 4.35. The quantitative estimate of drug-likeness (QED) is 0.832. The third kappa shape index (κ3) is 2.86. The van der Waals surface area contributed by atoms with Gasteiger partial charge in [-0.2, -0.15) is 0 Å². The fourth-order valence-corrected chi connectivity index (χ4v) is 1.51. The normalized spacial score (nSPS) is 12.9. The first-order valence-corrected chi connectivity index (χ1v) is 5.36. The molecule has 15 heavy (non-hydrogen) atoms. The summed E-state index contributed by atoms with van der Waals surface area (Å²) in [4.78, 5) is 15.6. The molecule has 0 aliphatic carbocycles. The number of alkyl halides is 1. The van der Waals surface area contributed by atoms with E-state index in [4.69, 9.17) is 23.2 Å². The minimum absolute atomic E-state index is 0.0505. The molecule has 0 fully saturated rings. The zero-order chi connectivity index (χ0) is 11.6.